The molecule has 2 N–H and O–H groups in total. The van der Waals surface area contributed by atoms with Gasteiger partial charge in [-0.05, 0) is 39.0 Å². The Hall–Kier alpha value is -3.56. The van der Waals surface area contributed by atoms with E-state index in [2.05, 4.69) is 15.8 Å². The van der Waals surface area contributed by atoms with Crippen LogP contribution in [0.4, 0.5) is 0 Å². The maximum atomic E-state index is 12.4. The molecule has 2 rings (SSSR count). The first-order valence-corrected chi connectivity index (χ1v) is 9.27. The van der Waals surface area contributed by atoms with Gasteiger partial charge in [0.25, 0.3) is 5.91 Å². The van der Waals surface area contributed by atoms with Crippen molar-refractivity contribution in [3.63, 3.8) is 0 Å². The molecule has 0 radical (unpaired) electrons. The zero-order chi connectivity index (χ0) is 22.3. The van der Waals surface area contributed by atoms with E-state index in [9.17, 15) is 14.4 Å². The van der Waals surface area contributed by atoms with E-state index >= 15 is 0 Å². The summed E-state index contributed by atoms with van der Waals surface area (Å²) in [6.07, 6.45) is 0. The van der Waals surface area contributed by atoms with Gasteiger partial charge >= 0.3 is 5.97 Å². The van der Waals surface area contributed by atoms with Crippen LogP contribution in [0.2, 0.25) is 0 Å². The minimum absolute atomic E-state index is 0.0204. The zero-order valence-electron chi connectivity index (χ0n) is 17.5. The second-order valence-electron chi connectivity index (χ2n) is 6.32. The van der Waals surface area contributed by atoms with Gasteiger partial charge in [-0.1, -0.05) is 5.16 Å². The van der Waals surface area contributed by atoms with Crippen molar-refractivity contribution in [3.8, 4) is 22.8 Å². The minimum Gasteiger partial charge on any atom is -0.497 e. The molecule has 0 saturated heterocycles. The highest BCUT2D eigenvalue weighted by molar-refractivity contribution is 5.97. The van der Waals surface area contributed by atoms with Crippen LogP contribution in [0.1, 0.15) is 31.3 Å². The highest BCUT2D eigenvalue weighted by atomic mass is 16.5. The third kappa shape index (κ3) is 5.49. The number of methoxy groups -OCH3 is 2. The summed E-state index contributed by atoms with van der Waals surface area (Å²) < 4.78 is 20.6. The predicted octanol–water partition coefficient (Wildman–Crippen LogP) is 1.54. The third-order valence-corrected chi connectivity index (χ3v) is 4.15. The quantitative estimate of drug-likeness (QED) is 0.586. The molecular weight excluding hydrogens is 394 g/mol. The van der Waals surface area contributed by atoms with E-state index in [0.717, 1.165) is 0 Å². The molecule has 0 aliphatic carbocycles. The van der Waals surface area contributed by atoms with E-state index < -0.39 is 29.9 Å². The molecule has 162 valence electrons. The van der Waals surface area contributed by atoms with E-state index in [1.165, 1.54) is 34.1 Å². The molecule has 0 bridgehead atoms. The summed E-state index contributed by atoms with van der Waals surface area (Å²) in [4.78, 5) is 36.3. The van der Waals surface area contributed by atoms with Crippen LogP contribution in [0, 0.1) is 0 Å². The molecular formula is C20H25N3O7. The van der Waals surface area contributed by atoms with Crippen molar-refractivity contribution in [3.05, 3.63) is 30.0 Å². The van der Waals surface area contributed by atoms with Crippen LogP contribution in [0.5, 0.6) is 11.5 Å². The van der Waals surface area contributed by atoms with Crippen molar-refractivity contribution in [1.29, 1.82) is 0 Å². The van der Waals surface area contributed by atoms with E-state index in [0.29, 0.717) is 22.8 Å². The van der Waals surface area contributed by atoms with Crippen molar-refractivity contribution >= 4 is 17.8 Å². The van der Waals surface area contributed by atoms with Gasteiger partial charge in [-0.2, -0.15) is 0 Å². The SMILES string of the molecule is CCOC(=O)[C@@H](C)NC(=O)[C@@H](C)NC(=O)c1cc(-c2cc(OC)ccc2OC)on1. The number of ether oxygens (including phenoxy) is 3. The van der Waals surface area contributed by atoms with Gasteiger partial charge in [0, 0.05) is 6.07 Å². The van der Waals surface area contributed by atoms with Crippen molar-refractivity contribution in [2.45, 2.75) is 32.9 Å². The molecule has 0 fully saturated rings. The monoisotopic (exact) mass is 419 g/mol. The first-order chi connectivity index (χ1) is 14.3. The molecule has 0 unspecified atom stereocenters. The lowest BCUT2D eigenvalue weighted by Crippen LogP contribution is -2.49. The van der Waals surface area contributed by atoms with E-state index in [-0.39, 0.29) is 12.3 Å². The number of nitrogens with zero attached hydrogens (tertiary/aromatic N) is 1. The largest absolute Gasteiger partial charge is 0.497 e. The van der Waals surface area contributed by atoms with Crippen LogP contribution in [0.3, 0.4) is 0 Å². The maximum Gasteiger partial charge on any atom is 0.328 e. The Morgan fingerprint density at radius 2 is 1.80 bits per heavy atom. The van der Waals surface area contributed by atoms with Gasteiger partial charge in [0.2, 0.25) is 5.91 Å². The summed E-state index contributed by atoms with van der Waals surface area (Å²) in [7, 11) is 3.03. The Kier molecular flexibility index (Phi) is 7.79. The third-order valence-electron chi connectivity index (χ3n) is 4.15. The van der Waals surface area contributed by atoms with Crippen LogP contribution in [-0.4, -0.2) is 55.9 Å². The normalized spacial score (nSPS) is 12.4. The fourth-order valence-corrected chi connectivity index (χ4v) is 2.52. The topological polar surface area (TPSA) is 129 Å². The van der Waals surface area contributed by atoms with Gasteiger partial charge in [0.1, 0.15) is 23.6 Å². The second-order valence-corrected chi connectivity index (χ2v) is 6.32. The number of hydrogen-bond acceptors (Lipinski definition) is 8. The average molecular weight is 419 g/mol. The standard InChI is InChI=1S/C20H25N3O7/c1-6-29-20(26)12(3)22-18(24)11(2)21-19(25)15-10-17(30-23-15)14-9-13(27-4)7-8-16(14)28-5/h7-12H,6H2,1-5H3,(H,21,25)(H,22,24)/t11-,12-/m1/s1. The van der Waals surface area contributed by atoms with Crippen LogP contribution < -0.4 is 20.1 Å². The van der Waals surface area contributed by atoms with E-state index in [1.54, 1.807) is 25.1 Å². The Bertz CT molecular complexity index is 910. The summed E-state index contributed by atoms with van der Waals surface area (Å²) in [6.45, 7) is 4.85. The Balaban J connectivity index is 2.06. The van der Waals surface area contributed by atoms with Crippen LogP contribution in [0.15, 0.2) is 28.8 Å². The fraction of sp³-hybridized carbons (Fsp3) is 0.400. The minimum atomic E-state index is -0.916. The van der Waals surface area contributed by atoms with Gasteiger partial charge in [0.15, 0.2) is 11.5 Å². The molecule has 2 atom stereocenters. The number of hydrogen-bond donors (Lipinski definition) is 2. The number of benzene rings is 1. The smallest absolute Gasteiger partial charge is 0.328 e. The molecule has 2 aromatic rings. The number of rotatable bonds is 9. The molecule has 0 aliphatic rings. The molecule has 10 nitrogen and oxygen atoms in total. The number of nitrogens with one attached hydrogen (secondary N) is 2. The Labute approximate surface area is 173 Å². The van der Waals surface area contributed by atoms with Crippen molar-refractivity contribution < 1.29 is 33.1 Å². The molecule has 10 heteroatoms. The number of esters is 1. The summed E-state index contributed by atoms with van der Waals surface area (Å²) in [5.74, 6) is -0.323. The molecule has 30 heavy (non-hydrogen) atoms. The van der Waals surface area contributed by atoms with Crippen LogP contribution in [0.25, 0.3) is 11.3 Å². The molecule has 1 heterocycles. The molecule has 0 spiro atoms. The van der Waals surface area contributed by atoms with Gasteiger partial charge in [0.05, 0.1) is 26.4 Å². The predicted molar refractivity (Wildman–Crippen MR) is 106 cm³/mol. The number of carbonyl (C=O) groups is 3. The summed E-state index contributed by atoms with van der Waals surface area (Å²) in [5, 5.41) is 8.74. The molecule has 0 saturated carbocycles. The molecule has 2 amide bonds. The number of aromatic nitrogens is 1. The highest BCUT2D eigenvalue weighted by Crippen LogP contribution is 2.33. The van der Waals surface area contributed by atoms with E-state index in [1.807, 2.05) is 0 Å². The van der Waals surface area contributed by atoms with Gasteiger partial charge in [-0.3, -0.25) is 9.59 Å². The van der Waals surface area contributed by atoms with Gasteiger partial charge in [-0.15, -0.1) is 0 Å². The summed E-state index contributed by atoms with van der Waals surface area (Å²) >= 11 is 0. The average Bonchev–Trinajstić information content (AvgIpc) is 3.23. The maximum absolute atomic E-state index is 12.4. The fourth-order valence-electron chi connectivity index (χ4n) is 2.52. The lowest BCUT2D eigenvalue weighted by atomic mass is 10.1. The molecule has 1 aromatic carbocycles. The van der Waals surface area contributed by atoms with Crippen molar-refractivity contribution in [2.24, 2.45) is 0 Å². The first kappa shape index (κ1) is 22.7. The zero-order valence-corrected chi connectivity index (χ0v) is 17.5. The van der Waals surface area contributed by atoms with Gasteiger partial charge < -0.3 is 29.4 Å². The lowest BCUT2D eigenvalue weighted by Gasteiger charge is -2.17. The van der Waals surface area contributed by atoms with Crippen LogP contribution >= 0.6 is 0 Å². The summed E-state index contributed by atoms with van der Waals surface area (Å²) in [6, 6.07) is 4.79. The Morgan fingerprint density at radius 3 is 2.43 bits per heavy atom. The number of amides is 2. The second kappa shape index (κ2) is 10.3. The highest BCUT2D eigenvalue weighted by Gasteiger charge is 2.24. The molecule has 0 aliphatic heterocycles. The van der Waals surface area contributed by atoms with Crippen molar-refractivity contribution in [2.75, 3.05) is 20.8 Å². The Morgan fingerprint density at radius 1 is 1.07 bits per heavy atom. The van der Waals surface area contributed by atoms with E-state index in [4.69, 9.17) is 18.7 Å². The summed E-state index contributed by atoms with van der Waals surface area (Å²) in [5.41, 5.74) is 0.533. The molecule has 1 aromatic heterocycles. The van der Waals surface area contributed by atoms with Gasteiger partial charge in [-0.25, -0.2) is 4.79 Å². The van der Waals surface area contributed by atoms with Crippen LogP contribution in [-0.2, 0) is 14.3 Å². The lowest BCUT2D eigenvalue weighted by molar-refractivity contribution is -0.147. The number of carbonyl (C=O) groups excluding carboxylic acids is 3. The first-order valence-electron chi connectivity index (χ1n) is 9.27. The van der Waals surface area contributed by atoms with Crippen molar-refractivity contribution in [1.82, 2.24) is 15.8 Å².